The summed E-state index contributed by atoms with van der Waals surface area (Å²) < 4.78 is 9.22. The zero-order valence-electron chi connectivity index (χ0n) is 18.2. The minimum Gasteiger partial charge on any atom is -0.463 e. The molecule has 0 bridgehead atoms. The first kappa shape index (κ1) is 20.9. The third-order valence-electron chi connectivity index (χ3n) is 6.00. The van der Waals surface area contributed by atoms with Gasteiger partial charge in [0.05, 0.1) is 19.1 Å². The summed E-state index contributed by atoms with van der Waals surface area (Å²) in [5.74, 6) is 1.05. The van der Waals surface area contributed by atoms with Crippen LogP contribution in [0.15, 0.2) is 70.6 Å². The van der Waals surface area contributed by atoms with Gasteiger partial charge in [0, 0.05) is 38.6 Å². The number of aromatic nitrogens is 4. The number of nitrogens with zero attached hydrogens (tertiary/aromatic N) is 4. The van der Waals surface area contributed by atoms with E-state index in [9.17, 15) is 9.59 Å². The van der Waals surface area contributed by atoms with E-state index in [1.807, 2.05) is 33.9 Å². The molecule has 0 radical (unpaired) electrons. The number of carbonyl (C=O) groups excluding carboxylic acids is 1. The number of hydrogen-bond donors (Lipinski definition) is 2. The Bertz CT molecular complexity index is 1270. The predicted molar refractivity (Wildman–Crippen MR) is 124 cm³/mol. The van der Waals surface area contributed by atoms with Gasteiger partial charge in [-0.3, -0.25) is 14.3 Å². The number of aryl methyl sites for hydroxylation is 1. The maximum Gasteiger partial charge on any atom is 0.327 e. The van der Waals surface area contributed by atoms with Crippen molar-refractivity contribution in [3.8, 4) is 11.5 Å². The van der Waals surface area contributed by atoms with Crippen molar-refractivity contribution >= 4 is 11.7 Å². The van der Waals surface area contributed by atoms with Crippen LogP contribution in [0.4, 0.5) is 5.82 Å². The van der Waals surface area contributed by atoms with Crippen LogP contribution in [0.1, 0.15) is 17.5 Å². The summed E-state index contributed by atoms with van der Waals surface area (Å²) in [5, 5.41) is 3.14. The molecule has 1 aliphatic heterocycles. The van der Waals surface area contributed by atoms with Gasteiger partial charge in [0.2, 0.25) is 5.91 Å². The molecule has 0 atom stereocenters. The lowest BCUT2D eigenvalue weighted by atomic mass is 10.00. The number of furan rings is 1. The van der Waals surface area contributed by atoms with Crippen molar-refractivity contribution in [3.05, 3.63) is 83.0 Å². The number of hydrogen-bond acceptors (Lipinski definition) is 5. The fraction of sp³-hybridized carbons (Fsp3) is 0.292. The van der Waals surface area contributed by atoms with E-state index in [1.54, 1.807) is 29.4 Å². The van der Waals surface area contributed by atoms with Crippen LogP contribution in [0.5, 0.6) is 0 Å². The molecule has 1 aromatic carbocycles. The first-order chi connectivity index (χ1) is 16.2. The highest BCUT2D eigenvalue weighted by Crippen LogP contribution is 2.26. The van der Waals surface area contributed by atoms with Crippen LogP contribution in [0.2, 0.25) is 0 Å². The SMILES string of the molecule is O=C(CNc1[nH]c(=O)n(CCCn2ccnc2)c1-c1ccco1)N1CCc2ccccc2C1. The molecule has 9 nitrogen and oxygen atoms in total. The first-order valence-corrected chi connectivity index (χ1v) is 11.1. The molecular weight excluding hydrogens is 420 g/mol. The minimum absolute atomic E-state index is 0.0106. The fourth-order valence-electron chi connectivity index (χ4n) is 4.30. The van der Waals surface area contributed by atoms with Gasteiger partial charge in [-0.15, -0.1) is 0 Å². The van der Waals surface area contributed by atoms with Gasteiger partial charge in [-0.05, 0) is 36.1 Å². The maximum absolute atomic E-state index is 12.9. The number of amides is 1. The number of H-pyrrole nitrogens is 1. The Morgan fingerprint density at radius 3 is 2.82 bits per heavy atom. The smallest absolute Gasteiger partial charge is 0.327 e. The summed E-state index contributed by atoms with van der Waals surface area (Å²) in [7, 11) is 0. The van der Waals surface area contributed by atoms with Crippen molar-refractivity contribution in [1.82, 2.24) is 24.0 Å². The quantitative estimate of drug-likeness (QED) is 0.433. The van der Waals surface area contributed by atoms with Crippen molar-refractivity contribution < 1.29 is 9.21 Å². The number of rotatable bonds is 8. The second-order valence-electron chi connectivity index (χ2n) is 8.12. The highest BCUT2D eigenvalue weighted by molar-refractivity contribution is 5.82. The summed E-state index contributed by atoms with van der Waals surface area (Å²) in [6, 6.07) is 11.8. The molecule has 0 aliphatic carbocycles. The van der Waals surface area contributed by atoms with Crippen LogP contribution in [0.3, 0.4) is 0 Å². The Balaban J connectivity index is 1.29. The molecule has 0 spiro atoms. The van der Waals surface area contributed by atoms with Gasteiger partial charge in [0.1, 0.15) is 11.5 Å². The van der Waals surface area contributed by atoms with Gasteiger partial charge in [-0.1, -0.05) is 24.3 Å². The highest BCUT2D eigenvalue weighted by Gasteiger charge is 2.22. The predicted octanol–water partition coefficient (Wildman–Crippen LogP) is 2.72. The first-order valence-electron chi connectivity index (χ1n) is 11.1. The number of imidazole rings is 2. The van der Waals surface area contributed by atoms with E-state index in [2.05, 4.69) is 27.4 Å². The standard InChI is InChI=1S/C24H26N6O3/c31-21(29-12-8-18-5-1-2-6-19(18)16-29)15-26-23-22(20-7-3-14-33-20)30(24(32)27-23)11-4-10-28-13-9-25-17-28/h1-3,5-7,9,13-14,17,26H,4,8,10-12,15-16H2,(H,27,32). The lowest BCUT2D eigenvalue weighted by molar-refractivity contribution is -0.130. The fourth-order valence-corrected chi connectivity index (χ4v) is 4.30. The molecule has 1 aliphatic rings. The molecule has 1 amide bonds. The van der Waals surface area contributed by atoms with Gasteiger partial charge in [0.15, 0.2) is 5.76 Å². The number of aromatic amines is 1. The Morgan fingerprint density at radius 1 is 1.15 bits per heavy atom. The van der Waals surface area contributed by atoms with Crippen molar-refractivity contribution in [3.63, 3.8) is 0 Å². The van der Waals surface area contributed by atoms with Gasteiger partial charge >= 0.3 is 5.69 Å². The highest BCUT2D eigenvalue weighted by atomic mass is 16.3. The average Bonchev–Trinajstić information content (AvgIpc) is 3.60. The third-order valence-corrected chi connectivity index (χ3v) is 6.00. The van der Waals surface area contributed by atoms with Gasteiger partial charge in [-0.25, -0.2) is 9.78 Å². The Hall–Kier alpha value is -4.01. The van der Waals surface area contributed by atoms with E-state index >= 15 is 0 Å². The molecule has 0 saturated carbocycles. The molecular formula is C24H26N6O3. The molecule has 4 heterocycles. The monoisotopic (exact) mass is 446 g/mol. The van der Waals surface area contributed by atoms with Crippen LogP contribution in [0, 0.1) is 0 Å². The summed E-state index contributed by atoms with van der Waals surface area (Å²) >= 11 is 0. The molecule has 0 fully saturated rings. The number of benzene rings is 1. The number of fused-ring (bicyclic) bond motifs is 1. The molecule has 4 aromatic rings. The lowest BCUT2D eigenvalue weighted by Gasteiger charge is -2.29. The summed E-state index contributed by atoms with van der Waals surface area (Å²) in [5.41, 5.74) is 2.86. The molecule has 33 heavy (non-hydrogen) atoms. The lowest BCUT2D eigenvalue weighted by Crippen LogP contribution is -2.39. The zero-order valence-corrected chi connectivity index (χ0v) is 18.2. The van der Waals surface area contributed by atoms with Gasteiger partial charge < -0.3 is 19.2 Å². The van der Waals surface area contributed by atoms with Crippen molar-refractivity contribution in [2.24, 2.45) is 0 Å². The molecule has 170 valence electrons. The van der Waals surface area contributed by atoms with E-state index in [-0.39, 0.29) is 18.1 Å². The Morgan fingerprint density at radius 2 is 2.03 bits per heavy atom. The zero-order chi connectivity index (χ0) is 22.6. The van der Waals surface area contributed by atoms with E-state index in [0.717, 1.165) is 19.4 Å². The van der Waals surface area contributed by atoms with Gasteiger partial charge in [0.25, 0.3) is 0 Å². The Kier molecular flexibility index (Phi) is 5.84. The van der Waals surface area contributed by atoms with Crippen molar-refractivity contribution in [2.75, 3.05) is 18.4 Å². The van der Waals surface area contributed by atoms with Crippen LogP contribution in [-0.2, 0) is 30.8 Å². The Labute approximate surface area is 190 Å². The van der Waals surface area contributed by atoms with Crippen LogP contribution < -0.4 is 11.0 Å². The molecule has 5 rings (SSSR count). The van der Waals surface area contributed by atoms with Crippen LogP contribution in [-0.4, -0.2) is 43.0 Å². The summed E-state index contributed by atoms with van der Waals surface area (Å²) in [4.78, 5) is 34.4. The summed E-state index contributed by atoms with van der Waals surface area (Å²) in [6.45, 7) is 2.63. The van der Waals surface area contributed by atoms with E-state index < -0.39 is 0 Å². The second kappa shape index (κ2) is 9.23. The summed E-state index contributed by atoms with van der Waals surface area (Å²) in [6.07, 6.45) is 8.55. The van der Waals surface area contributed by atoms with E-state index in [1.165, 1.54) is 11.1 Å². The van der Waals surface area contributed by atoms with Crippen molar-refractivity contribution in [1.29, 1.82) is 0 Å². The largest absolute Gasteiger partial charge is 0.463 e. The molecule has 0 unspecified atom stereocenters. The molecule has 2 N–H and O–H groups in total. The van der Waals surface area contributed by atoms with Crippen molar-refractivity contribution in [2.45, 2.75) is 32.5 Å². The van der Waals surface area contributed by atoms with Gasteiger partial charge in [-0.2, -0.15) is 0 Å². The number of nitrogens with one attached hydrogen (secondary N) is 2. The van der Waals surface area contributed by atoms with Crippen LogP contribution >= 0.6 is 0 Å². The topological polar surface area (TPSA) is 101 Å². The normalized spacial score (nSPS) is 13.2. The molecule has 3 aromatic heterocycles. The third kappa shape index (κ3) is 4.48. The number of carbonyl (C=O) groups is 1. The minimum atomic E-state index is -0.242. The average molecular weight is 447 g/mol. The second-order valence-corrected chi connectivity index (χ2v) is 8.12. The number of anilines is 1. The van der Waals surface area contributed by atoms with E-state index in [4.69, 9.17) is 4.42 Å². The molecule has 0 saturated heterocycles. The van der Waals surface area contributed by atoms with E-state index in [0.29, 0.717) is 36.9 Å². The molecule has 9 heteroatoms. The maximum atomic E-state index is 12.9. The van der Waals surface area contributed by atoms with Crippen LogP contribution in [0.25, 0.3) is 11.5 Å².